The molecule has 3 N–H and O–H groups in total. The van der Waals surface area contributed by atoms with Crippen molar-refractivity contribution in [1.29, 1.82) is 0 Å². The lowest BCUT2D eigenvalue weighted by molar-refractivity contribution is 0.0951. The average molecular weight is 362 g/mol. The summed E-state index contributed by atoms with van der Waals surface area (Å²) in [5, 5.41) is 7.97. The van der Waals surface area contributed by atoms with Crippen LogP contribution in [0, 0.1) is 13.8 Å². The van der Waals surface area contributed by atoms with Crippen LogP contribution in [0.4, 0.5) is 0 Å². The van der Waals surface area contributed by atoms with Crippen LogP contribution in [-0.4, -0.2) is 27.5 Å². The second-order valence-electron chi connectivity index (χ2n) is 5.73. The Morgan fingerprint density at radius 3 is 2.48 bits per heavy atom. The molecule has 6 nitrogen and oxygen atoms in total. The Balaban J connectivity index is 1.92. The van der Waals surface area contributed by atoms with Gasteiger partial charge in [-0.15, -0.1) is 0 Å². The van der Waals surface area contributed by atoms with E-state index >= 15 is 0 Å². The van der Waals surface area contributed by atoms with E-state index in [-0.39, 0.29) is 16.4 Å². The van der Waals surface area contributed by atoms with E-state index in [0.717, 1.165) is 5.75 Å². The zero-order chi connectivity index (χ0) is 18.4. The fraction of sp³-hybridized carbons (Fsp3) is 0.278. The standard InChI is InChI=1S/C18H22N2O4S/c1-13-11-15(12-17(14(13)2)25(19,22)23)18(21)20-9-6-10-24-16-7-4-3-5-8-16/h3-5,7-8,11-12H,6,9-10H2,1-2H3,(H,20,21)(H2,19,22,23). The zero-order valence-electron chi connectivity index (χ0n) is 14.3. The molecule has 0 aliphatic carbocycles. The third kappa shape index (κ3) is 5.30. The fourth-order valence-electron chi connectivity index (χ4n) is 2.34. The second kappa shape index (κ2) is 8.13. The summed E-state index contributed by atoms with van der Waals surface area (Å²) in [6.07, 6.45) is 0.632. The van der Waals surface area contributed by atoms with Gasteiger partial charge in [-0.3, -0.25) is 4.79 Å². The third-order valence-electron chi connectivity index (χ3n) is 3.81. The van der Waals surface area contributed by atoms with Crippen molar-refractivity contribution in [3.8, 4) is 5.75 Å². The number of primary sulfonamides is 1. The summed E-state index contributed by atoms with van der Waals surface area (Å²) in [5.74, 6) is 0.438. The lowest BCUT2D eigenvalue weighted by Gasteiger charge is -2.11. The molecule has 0 unspecified atom stereocenters. The van der Waals surface area contributed by atoms with E-state index < -0.39 is 10.0 Å². The summed E-state index contributed by atoms with van der Waals surface area (Å²) in [4.78, 5) is 12.2. The maximum absolute atomic E-state index is 12.2. The molecule has 25 heavy (non-hydrogen) atoms. The molecule has 0 atom stereocenters. The van der Waals surface area contributed by atoms with Crippen molar-refractivity contribution < 1.29 is 17.9 Å². The van der Waals surface area contributed by atoms with E-state index in [2.05, 4.69) is 5.32 Å². The van der Waals surface area contributed by atoms with Gasteiger partial charge in [-0.05, 0) is 55.7 Å². The number of para-hydroxylation sites is 1. The molecule has 0 spiro atoms. The molecule has 1 amide bonds. The molecule has 0 radical (unpaired) electrons. The highest BCUT2D eigenvalue weighted by atomic mass is 32.2. The lowest BCUT2D eigenvalue weighted by atomic mass is 10.1. The molecule has 0 heterocycles. The number of carbonyl (C=O) groups excluding carboxylic acids is 1. The van der Waals surface area contributed by atoms with Gasteiger partial charge < -0.3 is 10.1 Å². The maximum Gasteiger partial charge on any atom is 0.251 e. The number of rotatable bonds is 7. The number of carbonyl (C=O) groups is 1. The Labute approximate surface area is 148 Å². The van der Waals surface area contributed by atoms with Crippen LogP contribution in [0.2, 0.25) is 0 Å². The number of amides is 1. The Kier molecular flexibility index (Phi) is 6.17. The van der Waals surface area contributed by atoms with Gasteiger partial charge in [0.2, 0.25) is 10.0 Å². The van der Waals surface area contributed by atoms with Crippen LogP contribution < -0.4 is 15.2 Å². The van der Waals surface area contributed by atoms with Gasteiger partial charge >= 0.3 is 0 Å². The topological polar surface area (TPSA) is 98.5 Å². The van der Waals surface area contributed by atoms with E-state index in [0.29, 0.717) is 30.7 Å². The first-order valence-corrected chi connectivity index (χ1v) is 9.44. The molecule has 0 aromatic heterocycles. The van der Waals surface area contributed by atoms with Crippen LogP contribution >= 0.6 is 0 Å². The predicted octanol–water partition coefficient (Wildman–Crippen LogP) is 2.15. The van der Waals surface area contributed by atoms with Gasteiger partial charge in [-0.25, -0.2) is 13.6 Å². The second-order valence-corrected chi connectivity index (χ2v) is 7.26. The quantitative estimate of drug-likeness (QED) is 0.737. The molecular formula is C18H22N2O4S. The number of benzene rings is 2. The molecule has 0 fully saturated rings. The number of hydrogen-bond acceptors (Lipinski definition) is 4. The van der Waals surface area contributed by atoms with E-state index in [9.17, 15) is 13.2 Å². The molecule has 2 rings (SSSR count). The van der Waals surface area contributed by atoms with E-state index in [1.165, 1.54) is 6.07 Å². The monoisotopic (exact) mass is 362 g/mol. The zero-order valence-corrected chi connectivity index (χ0v) is 15.1. The Hall–Kier alpha value is -2.38. The molecule has 0 bridgehead atoms. The van der Waals surface area contributed by atoms with Crippen LogP contribution in [0.15, 0.2) is 47.4 Å². The summed E-state index contributed by atoms with van der Waals surface area (Å²) in [5.41, 5.74) is 1.52. The van der Waals surface area contributed by atoms with E-state index in [4.69, 9.17) is 9.88 Å². The molecule has 7 heteroatoms. The highest BCUT2D eigenvalue weighted by molar-refractivity contribution is 7.89. The largest absolute Gasteiger partial charge is 0.494 e. The molecule has 2 aromatic rings. The number of nitrogens with one attached hydrogen (secondary N) is 1. The number of ether oxygens (including phenoxy) is 1. The van der Waals surface area contributed by atoms with Gasteiger partial charge in [-0.2, -0.15) is 0 Å². The minimum Gasteiger partial charge on any atom is -0.494 e. The number of sulfonamides is 1. The molecule has 0 saturated heterocycles. The Morgan fingerprint density at radius 2 is 1.84 bits per heavy atom. The van der Waals surface area contributed by atoms with Crippen molar-refractivity contribution in [2.75, 3.05) is 13.2 Å². The highest BCUT2D eigenvalue weighted by Crippen LogP contribution is 2.20. The van der Waals surface area contributed by atoms with Crippen LogP contribution in [-0.2, 0) is 10.0 Å². The summed E-state index contributed by atoms with van der Waals surface area (Å²) in [6, 6.07) is 12.4. The van der Waals surface area contributed by atoms with Crippen molar-refractivity contribution in [3.05, 3.63) is 59.2 Å². The highest BCUT2D eigenvalue weighted by Gasteiger charge is 2.17. The van der Waals surface area contributed by atoms with Crippen molar-refractivity contribution in [1.82, 2.24) is 5.32 Å². The van der Waals surface area contributed by atoms with Gasteiger partial charge in [0.1, 0.15) is 5.75 Å². The summed E-state index contributed by atoms with van der Waals surface area (Å²) in [6.45, 7) is 4.30. The lowest BCUT2D eigenvalue weighted by Crippen LogP contribution is -2.26. The van der Waals surface area contributed by atoms with E-state index in [1.54, 1.807) is 19.9 Å². The Morgan fingerprint density at radius 1 is 1.16 bits per heavy atom. The first-order chi connectivity index (χ1) is 11.8. The molecule has 0 aliphatic rings. The van der Waals surface area contributed by atoms with Gasteiger partial charge in [0, 0.05) is 12.1 Å². The summed E-state index contributed by atoms with van der Waals surface area (Å²) >= 11 is 0. The summed E-state index contributed by atoms with van der Waals surface area (Å²) < 4.78 is 28.8. The van der Waals surface area contributed by atoms with Gasteiger partial charge in [0.15, 0.2) is 0 Å². The number of aryl methyl sites for hydroxylation is 1. The molecule has 2 aromatic carbocycles. The molecule has 0 saturated carbocycles. The average Bonchev–Trinajstić information content (AvgIpc) is 2.56. The van der Waals surface area contributed by atoms with Crippen LogP contribution in [0.25, 0.3) is 0 Å². The van der Waals surface area contributed by atoms with E-state index in [1.807, 2.05) is 30.3 Å². The third-order valence-corrected chi connectivity index (χ3v) is 4.84. The molecule has 134 valence electrons. The SMILES string of the molecule is Cc1cc(C(=O)NCCCOc2ccccc2)cc(S(N)(=O)=O)c1C. The normalized spacial score (nSPS) is 11.2. The minimum atomic E-state index is -3.87. The van der Waals surface area contributed by atoms with Crippen LogP contribution in [0.5, 0.6) is 5.75 Å². The van der Waals surface area contributed by atoms with Crippen molar-refractivity contribution in [2.45, 2.75) is 25.2 Å². The first kappa shape index (κ1) is 19.0. The number of hydrogen-bond donors (Lipinski definition) is 2. The van der Waals surface area contributed by atoms with Gasteiger partial charge in [0.05, 0.1) is 11.5 Å². The molecular weight excluding hydrogens is 340 g/mol. The van der Waals surface area contributed by atoms with Crippen LogP contribution in [0.1, 0.15) is 27.9 Å². The summed E-state index contributed by atoms with van der Waals surface area (Å²) in [7, 11) is -3.87. The van der Waals surface area contributed by atoms with Crippen molar-refractivity contribution >= 4 is 15.9 Å². The van der Waals surface area contributed by atoms with Crippen LogP contribution in [0.3, 0.4) is 0 Å². The van der Waals surface area contributed by atoms with Crippen molar-refractivity contribution in [2.24, 2.45) is 5.14 Å². The smallest absolute Gasteiger partial charge is 0.251 e. The van der Waals surface area contributed by atoms with Crippen molar-refractivity contribution in [3.63, 3.8) is 0 Å². The minimum absolute atomic E-state index is 0.0231. The van der Waals surface area contributed by atoms with Gasteiger partial charge in [-0.1, -0.05) is 18.2 Å². The maximum atomic E-state index is 12.2. The van der Waals surface area contributed by atoms with Gasteiger partial charge in [0.25, 0.3) is 5.91 Å². The number of nitrogens with two attached hydrogens (primary N) is 1. The molecule has 0 aliphatic heterocycles. The fourth-order valence-corrected chi connectivity index (χ4v) is 3.22. The Bertz CT molecular complexity index is 849. The predicted molar refractivity (Wildman–Crippen MR) is 96.2 cm³/mol. The first-order valence-electron chi connectivity index (χ1n) is 7.89.